The Bertz CT molecular complexity index is 680. The van der Waals surface area contributed by atoms with Crippen LogP contribution in [0, 0.1) is 0 Å². The number of carbonyl (C=O) groups is 1. The minimum atomic E-state index is -0.648. The number of carbonyl (C=O) groups excluding carboxylic acids is 1. The van der Waals surface area contributed by atoms with Crippen molar-refractivity contribution in [1.29, 1.82) is 0 Å². The van der Waals surface area contributed by atoms with Gasteiger partial charge in [-0.2, -0.15) is 0 Å². The fourth-order valence-corrected chi connectivity index (χ4v) is 3.34. The number of esters is 1. The van der Waals surface area contributed by atoms with Gasteiger partial charge >= 0.3 is 5.97 Å². The molecule has 0 radical (unpaired) electrons. The zero-order chi connectivity index (χ0) is 16.3. The van der Waals surface area contributed by atoms with Crippen LogP contribution < -0.4 is 0 Å². The number of ether oxygens (including phenoxy) is 1. The van der Waals surface area contributed by atoms with Crippen LogP contribution in [-0.2, 0) is 16.0 Å². The number of rotatable bonds is 4. The third-order valence-corrected chi connectivity index (χ3v) is 4.52. The molecule has 2 aromatic carbocycles. The molecule has 0 N–H and O–H groups in total. The van der Waals surface area contributed by atoms with Crippen molar-refractivity contribution in [3.63, 3.8) is 0 Å². The molecule has 0 heterocycles. The molecule has 0 bridgehead atoms. The van der Waals surface area contributed by atoms with Crippen LogP contribution in [0.25, 0.3) is 0 Å². The third-order valence-electron chi connectivity index (χ3n) is 3.27. The summed E-state index contributed by atoms with van der Waals surface area (Å²) in [4.78, 5) is 12.2. The van der Waals surface area contributed by atoms with E-state index in [1.807, 2.05) is 0 Å². The summed E-state index contributed by atoms with van der Waals surface area (Å²) in [7, 11) is 1.32. The minimum Gasteiger partial charge on any atom is -0.469 e. The van der Waals surface area contributed by atoms with Gasteiger partial charge in [0, 0.05) is 25.7 Å². The van der Waals surface area contributed by atoms with Crippen LogP contribution in [0.5, 0.6) is 0 Å². The highest BCUT2D eigenvalue weighted by Gasteiger charge is 2.27. The Morgan fingerprint density at radius 2 is 1.68 bits per heavy atom. The van der Waals surface area contributed by atoms with Crippen LogP contribution >= 0.6 is 46.4 Å². The Morgan fingerprint density at radius 3 is 2.23 bits per heavy atom. The van der Waals surface area contributed by atoms with E-state index in [0.717, 1.165) is 5.56 Å². The maximum absolute atomic E-state index is 12.2. The van der Waals surface area contributed by atoms with Crippen LogP contribution in [-0.4, -0.2) is 13.1 Å². The van der Waals surface area contributed by atoms with Crippen molar-refractivity contribution >= 4 is 52.4 Å². The van der Waals surface area contributed by atoms with Gasteiger partial charge in [0.05, 0.1) is 13.0 Å². The number of benzene rings is 2. The normalized spacial score (nSPS) is 12.0. The summed E-state index contributed by atoms with van der Waals surface area (Å²) in [5.41, 5.74) is 1.29. The maximum Gasteiger partial charge on any atom is 0.313 e. The molecule has 0 saturated carbocycles. The van der Waals surface area contributed by atoms with Crippen molar-refractivity contribution in [1.82, 2.24) is 0 Å². The minimum absolute atomic E-state index is 0.312. The molecule has 0 saturated heterocycles. The number of hydrogen-bond donors (Lipinski definition) is 0. The van der Waals surface area contributed by atoms with E-state index in [4.69, 9.17) is 51.1 Å². The fraction of sp³-hybridized carbons (Fsp3) is 0.188. The Hall–Kier alpha value is -0.930. The van der Waals surface area contributed by atoms with E-state index in [2.05, 4.69) is 0 Å². The number of methoxy groups -OCH3 is 1. The van der Waals surface area contributed by atoms with Crippen molar-refractivity contribution in [2.75, 3.05) is 7.11 Å². The van der Waals surface area contributed by atoms with Gasteiger partial charge in [0.15, 0.2) is 0 Å². The lowest BCUT2D eigenvalue weighted by Gasteiger charge is -2.18. The van der Waals surface area contributed by atoms with Crippen LogP contribution in [0.15, 0.2) is 36.4 Å². The zero-order valence-electron chi connectivity index (χ0n) is 11.6. The Labute approximate surface area is 148 Å². The number of halogens is 4. The second-order valence-corrected chi connectivity index (χ2v) is 6.31. The second kappa shape index (κ2) is 7.56. The molecule has 0 aliphatic rings. The van der Waals surface area contributed by atoms with E-state index in [1.165, 1.54) is 7.11 Å². The summed E-state index contributed by atoms with van der Waals surface area (Å²) < 4.78 is 4.89. The first-order valence-electron chi connectivity index (χ1n) is 6.39. The van der Waals surface area contributed by atoms with E-state index in [-0.39, 0.29) is 0 Å². The lowest BCUT2D eigenvalue weighted by Crippen LogP contribution is -2.18. The first kappa shape index (κ1) is 17.4. The molecular weight excluding hydrogens is 366 g/mol. The van der Waals surface area contributed by atoms with Gasteiger partial charge in [-0.05, 0) is 36.2 Å². The van der Waals surface area contributed by atoms with E-state index in [0.29, 0.717) is 32.1 Å². The van der Waals surface area contributed by atoms with Crippen LogP contribution in [0.1, 0.15) is 17.0 Å². The predicted molar refractivity (Wildman–Crippen MR) is 91.4 cm³/mol. The zero-order valence-corrected chi connectivity index (χ0v) is 14.6. The molecule has 2 rings (SSSR count). The summed E-state index contributed by atoms with van der Waals surface area (Å²) in [5.74, 6) is -1.08. The molecule has 0 amide bonds. The van der Waals surface area contributed by atoms with Crippen molar-refractivity contribution in [2.24, 2.45) is 0 Å². The largest absolute Gasteiger partial charge is 0.469 e. The molecule has 1 unspecified atom stereocenters. The van der Waals surface area contributed by atoms with E-state index >= 15 is 0 Å². The molecule has 2 nitrogen and oxygen atoms in total. The highest BCUT2D eigenvalue weighted by molar-refractivity contribution is 6.36. The Morgan fingerprint density at radius 1 is 1.05 bits per heavy atom. The van der Waals surface area contributed by atoms with Gasteiger partial charge in [-0.25, -0.2) is 0 Å². The molecule has 0 spiro atoms. The van der Waals surface area contributed by atoms with Crippen LogP contribution in [0.3, 0.4) is 0 Å². The Balaban J connectivity index is 2.45. The summed E-state index contributed by atoms with van der Waals surface area (Å²) in [5, 5.41) is 1.82. The second-order valence-electron chi connectivity index (χ2n) is 4.65. The quantitative estimate of drug-likeness (QED) is 0.629. The summed E-state index contributed by atoms with van der Waals surface area (Å²) in [6.45, 7) is 0. The first-order chi connectivity index (χ1) is 10.4. The fourth-order valence-electron chi connectivity index (χ4n) is 2.20. The Kier molecular flexibility index (Phi) is 5.99. The van der Waals surface area contributed by atoms with Crippen molar-refractivity contribution in [2.45, 2.75) is 12.3 Å². The maximum atomic E-state index is 12.2. The molecular formula is C16H12Cl4O2. The molecule has 6 heteroatoms. The summed E-state index contributed by atoms with van der Waals surface area (Å²) in [6.07, 6.45) is 0.312. The van der Waals surface area contributed by atoms with Crippen LogP contribution in [0.4, 0.5) is 0 Å². The van der Waals surface area contributed by atoms with Gasteiger partial charge in [0.1, 0.15) is 0 Å². The van der Waals surface area contributed by atoms with Crippen molar-refractivity contribution < 1.29 is 9.53 Å². The molecule has 2 aromatic rings. The van der Waals surface area contributed by atoms with Crippen molar-refractivity contribution in [3.05, 3.63) is 67.6 Å². The van der Waals surface area contributed by atoms with Crippen molar-refractivity contribution in [3.8, 4) is 0 Å². The molecule has 0 fully saturated rings. The predicted octanol–water partition coefficient (Wildman–Crippen LogP) is 5.80. The van der Waals surface area contributed by atoms with Gasteiger partial charge in [-0.3, -0.25) is 4.79 Å². The van der Waals surface area contributed by atoms with Gasteiger partial charge in [0.25, 0.3) is 0 Å². The average molecular weight is 378 g/mol. The highest BCUT2D eigenvalue weighted by atomic mass is 35.5. The third kappa shape index (κ3) is 3.88. The molecule has 22 heavy (non-hydrogen) atoms. The smallest absolute Gasteiger partial charge is 0.313 e. The SMILES string of the molecule is COC(=O)C(Cc1ccc(Cl)cc1Cl)c1c(Cl)cccc1Cl. The standard InChI is InChI=1S/C16H12Cl4O2/c1-22-16(21)11(15-12(18)3-2-4-13(15)19)7-9-5-6-10(17)8-14(9)20/h2-6,8,11H,7H2,1H3. The lowest BCUT2D eigenvalue weighted by atomic mass is 9.91. The first-order valence-corrected chi connectivity index (χ1v) is 7.91. The topological polar surface area (TPSA) is 26.3 Å². The summed E-state index contributed by atoms with van der Waals surface area (Å²) >= 11 is 24.5. The molecule has 0 aliphatic carbocycles. The lowest BCUT2D eigenvalue weighted by molar-refractivity contribution is -0.142. The molecule has 0 aromatic heterocycles. The monoisotopic (exact) mass is 376 g/mol. The van der Waals surface area contributed by atoms with Gasteiger partial charge in [0.2, 0.25) is 0 Å². The van der Waals surface area contributed by atoms with Crippen LogP contribution in [0.2, 0.25) is 20.1 Å². The summed E-state index contributed by atoms with van der Waals surface area (Å²) in [6, 6.07) is 10.2. The molecule has 116 valence electrons. The van der Waals surface area contributed by atoms with Gasteiger partial charge in [-0.15, -0.1) is 0 Å². The molecule has 1 atom stereocenters. The van der Waals surface area contributed by atoms with E-state index in [9.17, 15) is 4.79 Å². The average Bonchev–Trinajstić information content (AvgIpc) is 2.47. The number of hydrogen-bond acceptors (Lipinski definition) is 2. The van der Waals surface area contributed by atoms with Gasteiger partial charge in [-0.1, -0.05) is 58.5 Å². The molecule has 0 aliphatic heterocycles. The van der Waals surface area contributed by atoms with E-state index < -0.39 is 11.9 Å². The van der Waals surface area contributed by atoms with E-state index in [1.54, 1.807) is 36.4 Å². The van der Waals surface area contributed by atoms with Gasteiger partial charge < -0.3 is 4.74 Å². The highest BCUT2D eigenvalue weighted by Crippen LogP contribution is 2.36.